The molecule has 0 spiro atoms. The van der Waals surface area contributed by atoms with E-state index in [1.54, 1.807) is 6.08 Å². The maximum atomic E-state index is 12.8. The fourth-order valence-electron chi connectivity index (χ4n) is 5.44. The maximum Gasteiger partial charge on any atom is 0.472 e. The van der Waals surface area contributed by atoms with Crippen molar-refractivity contribution in [2.24, 2.45) is 0 Å². The Morgan fingerprint density at radius 2 is 1.15 bits per heavy atom. The number of quaternary nitrogens is 1. The molecular formula is C43H80N2O6P+. The molecule has 0 aromatic heterocycles. The molecule has 3 atom stereocenters. The second-order valence-corrected chi connectivity index (χ2v) is 16.4. The predicted octanol–water partition coefficient (Wildman–Crippen LogP) is 11.1. The van der Waals surface area contributed by atoms with Crippen molar-refractivity contribution < 1.29 is 32.9 Å². The highest BCUT2D eigenvalue weighted by Gasteiger charge is 2.27. The molecule has 0 saturated heterocycles. The first-order valence-electron chi connectivity index (χ1n) is 20.7. The largest absolute Gasteiger partial charge is 0.472 e. The molecule has 0 aliphatic heterocycles. The molecular weight excluding hydrogens is 671 g/mol. The molecule has 0 bridgehead atoms. The predicted molar refractivity (Wildman–Crippen MR) is 221 cm³/mol. The first-order chi connectivity index (χ1) is 25.0. The van der Waals surface area contributed by atoms with Gasteiger partial charge in [-0.1, -0.05) is 152 Å². The number of amides is 1. The van der Waals surface area contributed by atoms with Crippen molar-refractivity contribution in [2.75, 3.05) is 40.9 Å². The lowest BCUT2D eigenvalue weighted by Gasteiger charge is -2.25. The molecule has 0 aromatic carbocycles. The normalized spacial score (nSPS) is 15.1. The van der Waals surface area contributed by atoms with Crippen LogP contribution in [0.5, 0.6) is 0 Å². The maximum absolute atomic E-state index is 12.8. The number of nitrogens with one attached hydrogen (secondary N) is 1. The first-order valence-corrected chi connectivity index (χ1v) is 22.2. The van der Waals surface area contributed by atoms with Crippen LogP contribution < -0.4 is 5.32 Å². The van der Waals surface area contributed by atoms with Gasteiger partial charge in [0.05, 0.1) is 39.9 Å². The molecule has 0 aliphatic rings. The van der Waals surface area contributed by atoms with Gasteiger partial charge >= 0.3 is 7.82 Å². The lowest BCUT2D eigenvalue weighted by molar-refractivity contribution is -0.870. The van der Waals surface area contributed by atoms with E-state index >= 15 is 0 Å². The number of carbonyl (C=O) groups is 1. The molecule has 0 aromatic rings. The van der Waals surface area contributed by atoms with E-state index in [4.69, 9.17) is 9.05 Å². The minimum Gasteiger partial charge on any atom is -0.387 e. The SMILES string of the molecule is CC/C=C\C/C=C\C/C=C\C/C=C\CCCCCCCCCCCCC(=O)NC(COP(=O)(O)OCC[N+](C)(C)C)C(O)/C=C/CCCCCCC. The Kier molecular flexibility index (Phi) is 33.7. The summed E-state index contributed by atoms with van der Waals surface area (Å²) >= 11 is 0. The number of phosphoric acid groups is 1. The Balaban J connectivity index is 4.22. The summed E-state index contributed by atoms with van der Waals surface area (Å²) in [4.78, 5) is 23.0. The Morgan fingerprint density at radius 3 is 1.69 bits per heavy atom. The molecule has 3 unspecified atom stereocenters. The van der Waals surface area contributed by atoms with Crippen molar-refractivity contribution >= 4 is 13.7 Å². The third-order valence-corrected chi connectivity index (χ3v) is 9.73. The van der Waals surface area contributed by atoms with E-state index < -0.39 is 20.0 Å². The molecule has 9 heteroatoms. The molecule has 0 fully saturated rings. The number of allylic oxidation sites excluding steroid dienone is 9. The first kappa shape index (κ1) is 50.2. The van der Waals surface area contributed by atoms with E-state index in [1.807, 2.05) is 27.2 Å². The second-order valence-electron chi connectivity index (χ2n) is 15.0. The highest BCUT2D eigenvalue weighted by Crippen LogP contribution is 2.43. The van der Waals surface area contributed by atoms with Gasteiger partial charge in [0.25, 0.3) is 0 Å². The van der Waals surface area contributed by atoms with Crippen molar-refractivity contribution in [3.63, 3.8) is 0 Å². The van der Waals surface area contributed by atoms with Crippen molar-refractivity contribution in [1.82, 2.24) is 5.32 Å². The standard InChI is InChI=1S/C43H79N2O6P/c1-6-8-10-12-14-15-16-17-18-19-20-21-22-23-24-25-26-27-28-29-31-33-35-37-43(47)44-41(42(46)36-34-32-30-13-11-9-7-2)40-51-52(48,49)50-39-38-45(3,4)5/h8,10,14-15,17-18,20-21,34,36,41-42,46H,6-7,9,11-13,16,19,22-33,35,37-40H2,1-5H3,(H-,44,47,48,49)/p+1/b10-8-,15-14-,18-17-,21-20-,36-34+. The lowest BCUT2D eigenvalue weighted by Crippen LogP contribution is -2.45. The van der Waals surface area contributed by atoms with Crippen molar-refractivity contribution in [1.29, 1.82) is 0 Å². The summed E-state index contributed by atoms with van der Waals surface area (Å²) in [6, 6.07) is -0.847. The highest BCUT2D eigenvalue weighted by molar-refractivity contribution is 7.47. The highest BCUT2D eigenvalue weighted by atomic mass is 31.2. The average molecular weight is 752 g/mol. The van der Waals surface area contributed by atoms with Gasteiger partial charge in [-0.25, -0.2) is 4.57 Å². The molecule has 0 saturated carbocycles. The van der Waals surface area contributed by atoms with Gasteiger partial charge in [-0.2, -0.15) is 0 Å². The van der Waals surface area contributed by atoms with Gasteiger partial charge in [-0.3, -0.25) is 13.8 Å². The van der Waals surface area contributed by atoms with E-state index in [2.05, 4.69) is 67.8 Å². The Morgan fingerprint density at radius 1 is 0.673 bits per heavy atom. The molecule has 0 aliphatic carbocycles. The minimum absolute atomic E-state index is 0.0576. The van der Waals surface area contributed by atoms with Crippen LogP contribution in [0.2, 0.25) is 0 Å². The van der Waals surface area contributed by atoms with Crippen LogP contribution in [0, 0.1) is 0 Å². The number of aliphatic hydroxyl groups excluding tert-OH is 1. The Labute approximate surface area is 320 Å². The minimum atomic E-state index is -4.33. The molecule has 302 valence electrons. The number of hydrogen-bond acceptors (Lipinski definition) is 5. The number of phosphoric ester groups is 1. The summed E-state index contributed by atoms with van der Waals surface area (Å²) < 4.78 is 23.4. The fourth-order valence-corrected chi connectivity index (χ4v) is 6.18. The molecule has 3 N–H and O–H groups in total. The van der Waals surface area contributed by atoms with Crippen LogP contribution in [-0.4, -0.2) is 73.4 Å². The molecule has 1 amide bonds. The summed E-state index contributed by atoms with van der Waals surface area (Å²) in [5, 5.41) is 13.7. The van der Waals surface area contributed by atoms with Gasteiger partial charge in [-0.15, -0.1) is 0 Å². The van der Waals surface area contributed by atoms with Gasteiger partial charge in [0, 0.05) is 6.42 Å². The van der Waals surface area contributed by atoms with Crippen LogP contribution in [0.3, 0.4) is 0 Å². The van der Waals surface area contributed by atoms with Gasteiger partial charge in [-0.05, 0) is 57.8 Å². The third-order valence-electron chi connectivity index (χ3n) is 8.74. The number of rotatable bonds is 36. The van der Waals surface area contributed by atoms with Crippen molar-refractivity contribution in [3.8, 4) is 0 Å². The number of hydrogen-bond donors (Lipinski definition) is 3. The van der Waals surface area contributed by atoms with E-state index in [-0.39, 0.29) is 19.1 Å². The summed E-state index contributed by atoms with van der Waals surface area (Å²) in [6.45, 7) is 4.61. The Hall–Kier alpha value is -1.80. The number of likely N-dealkylation sites (N-methyl/N-ethyl adjacent to an activating group) is 1. The van der Waals surface area contributed by atoms with Gasteiger partial charge < -0.3 is 19.8 Å². The quantitative estimate of drug-likeness (QED) is 0.0255. The van der Waals surface area contributed by atoms with Crippen molar-refractivity contribution in [2.45, 2.75) is 167 Å². The van der Waals surface area contributed by atoms with Crippen LogP contribution in [0.4, 0.5) is 0 Å². The molecule has 8 nitrogen and oxygen atoms in total. The van der Waals surface area contributed by atoms with Crippen molar-refractivity contribution in [3.05, 3.63) is 60.8 Å². The lowest BCUT2D eigenvalue weighted by atomic mass is 10.0. The van der Waals surface area contributed by atoms with E-state index in [0.29, 0.717) is 17.4 Å². The zero-order valence-electron chi connectivity index (χ0n) is 34.0. The van der Waals surface area contributed by atoms with Crippen LogP contribution in [-0.2, 0) is 18.4 Å². The number of aliphatic hydroxyl groups is 1. The zero-order chi connectivity index (χ0) is 38.6. The number of carbonyl (C=O) groups excluding carboxylic acids is 1. The fraction of sp³-hybridized carbons (Fsp3) is 0.744. The van der Waals surface area contributed by atoms with Gasteiger partial charge in [0.1, 0.15) is 13.2 Å². The van der Waals surface area contributed by atoms with E-state index in [9.17, 15) is 19.4 Å². The average Bonchev–Trinajstić information content (AvgIpc) is 3.09. The number of unbranched alkanes of at least 4 members (excludes halogenated alkanes) is 15. The van der Waals surface area contributed by atoms with Crippen LogP contribution in [0.15, 0.2) is 60.8 Å². The third kappa shape index (κ3) is 36.6. The van der Waals surface area contributed by atoms with E-state index in [0.717, 1.165) is 64.2 Å². The molecule has 52 heavy (non-hydrogen) atoms. The van der Waals surface area contributed by atoms with Crippen LogP contribution in [0.1, 0.15) is 155 Å². The second kappa shape index (κ2) is 34.9. The zero-order valence-corrected chi connectivity index (χ0v) is 34.9. The van der Waals surface area contributed by atoms with Crippen LogP contribution >= 0.6 is 7.82 Å². The summed E-state index contributed by atoms with van der Waals surface area (Å²) in [7, 11) is 1.55. The summed E-state index contributed by atoms with van der Waals surface area (Å²) in [6.07, 6.45) is 44.5. The topological polar surface area (TPSA) is 105 Å². The van der Waals surface area contributed by atoms with Gasteiger partial charge in [0.15, 0.2) is 0 Å². The van der Waals surface area contributed by atoms with Gasteiger partial charge in [0.2, 0.25) is 5.91 Å². The molecule has 0 rings (SSSR count). The molecule has 0 heterocycles. The summed E-state index contributed by atoms with van der Waals surface area (Å²) in [5.41, 5.74) is 0. The van der Waals surface area contributed by atoms with E-state index in [1.165, 1.54) is 70.6 Å². The summed E-state index contributed by atoms with van der Waals surface area (Å²) in [5.74, 6) is -0.190. The molecule has 0 radical (unpaired) electrons. The number of nitrogens with zero attached hydrogens (tertiary/aromatic N) is 1. The Bertz CT molecular complexity index is 1030. The monoisotopic (exact) mass is 752 g/mol. The van der Waals surface area contributed by atoms with Crippen LogP contribution in [0.25, 0.3) is 0 Å². The smallest absolute Gasteiger partial charge is 0.387 e.